The second-order valence-electron chi connectivity index (χ2n) is 2.40. The maximum Gasteiger partial charge on any atom is 0.496 e. The van der Waals surface area contributed by atoms with Gasteiger partial charge in [-0.3, -0.25) is 0 Å². The van der Waals surface area contributed by atoms with Crippen molar-refractivity contribution in [1.29, 1.82) is 0 Å². The highest BCUT2D eigenvalue weighted by atomic mass is 27.1. The Labute approximate surface area is 69.8 Å². The van der Waals surface area contributed by atoms with Gasteiger partial charge in [0.25, 0.3) is 0 Å². The number of benzene rings is 1. The van der Waals surface area contributed by atoms with Crippen LogP contribution in [0.5, 0.6) is 5.75 Å². The first-order valence-corrected chi connectivity index (χ1v) is 4.17. The first-order valence-electron chi connectivity index (χ1n) is 3.36. The molecule has 0 aromatic heterocycles. The van der Waals surface area contributed by atoms with Crippen LogP contribution in [0.1, 0.15) is 11.1 Å². The van der Waals surface area contributed by atoms with Crippen molar-refractivity contribution in [2.24, 2.45) is 0 Å². The van der Waals surface area contributed by atoms with E-state index in [4.69, 9.17) is 3.79 Å². The highest BCUT2D eigenvalue weighted by Gasteiger charge is 1.96. The molecule has 0 unspecified atom stereocenters. The Balaban J connectivity index is 3.14. The molecule has 0 N–H and O–H groups in total. The average molecular weight is 150 g/mol. The zero-order valence-corrected chi connectivity index (χ0v) is 8.64. The molecule has 0 aliphatic rings. The van der Waals surface area contributed by atoms with E-state index in [0.29, 0.717) is 0 Å². The van der Waals surface area contributed by atoms with Crippen molar-refractivity contribution in [3.05, 3.63) is 29.3 Å². The molecule has 0 saturated heterocycles. The van der Waals surface area contributed by atoms with Crippen molar-refractivity contribution in [3.63, 3.8) is 0 Å². The second kappa shape index (κ2) is 3.10. The van der Waals surface area contributed by atoms with Gasteiger partial charge in [0.1, 0.15) is 0 Å². The van der Waals surface area contributed by atoms with Gasteiger partial charge in [-0.25, -0.2) is 0 Å². The number of hydrogen-bond acceptors (Lipinski definition) is 1. The van der Waals surface area contributed by atoms with Gasteiger partial charge in [0.05, 0.1) is 5.75 Å². The summed E-state index contributed by atoms with van der Waals surface area (Å²) in [5, 5.41) is 0. The molecule has 0 radical (unpaired) electrons. The van der Waals surface area contributed by atoms with Gasteiger partial charge in [-0.1, -0.05) is 12.1 Å². The molecule has 0 heterocycles. The van der Waals surface area contributed by atoms with Gasteiger partial charge >= 0.3 is 16.6 Å². The zero-order chi connectivity index (χ0) is 7.56. The lowest BCUT2D eigenvalue weighted by atomic mass is 10.1. The van der Waals surface area contributed by atoms with Crippen LogP contribution < -0.4 is 3.79 Å². The van der Waals surface area contributed by atoms with Gasteiger partial charge < -0.3 is 3.79 Å². The number of hydrogen-bond donors (Lipinski definition) is 0. The molecular weight excluding hydrogens is 139 g/mol. The molecular formula is C8H11AlO. The molecule has 0 amide bonds. The molecule has 52 valence electrons. The first kappa shape index (κ1) is 7.66. The van der Waals surface area contributed by atoms with E-state index in [1.165, 1.54) is 11.1 Å². The molecule has 0 spiro atoms. The molecule has 0 aliphatic carbocycles. The van der Waals surface area contributed by atoms with Crippen molar-refractivity contribution < 1.29 is 3.79 Å². The van der Waals surface area contributed by atoms with Crippen LogP contribution in [0.2, 0.25) is 0 Å². The molecule has 1 rings (SSSR count). The lowest BCUT2D eigenvalue weighted by Crippen LogP contribution is -1.89. The van der Waals surface area contributed by atoms with E-state index in [-0.39, 0.29) is 0 Å². The summed E-state index contributed by atoms with van der Waals surface area (Å²) in [6, 6.07) is 6.13. The van der Waals surface area contributed by atoms with Crippen molar-refractivity contribution in [3.8, 4) is 5.75 Å². The fourth-order valence-electron chi connectivity index (χ4n) is 0.945. The van der Waals surface area contributed by atoms with E-state index >= 15 is 0 Å². The summed E-state index contributed by atoms with van der Waals surface area (Å²) in [5.41, 5.74) is 2.56. The van der Waals surface area contributed by atoms with E-state index in [2.05, 4.69) is 19.9 Å². The van der Waals surface area contributed by atoms with Crippen molar-refractivity contribution in [2.45, 2.75) is 13.8 Å². The fraction of sp³-hybridized carbons (Fsp3) is 0.250. The Morgan fingerprint density at radius 2 is 2.00 bits per heavy atom. The van der Waals surface area contributed by atoms with Crippen molar-refractivity contribution >= 4 is 16.6 Å². The monoisotopic (exact) mass is 150 g/mol. The van der Waals surface area contributed by atoms with Crippen molar-refractivity contribution in [2.75, 3.05) is 0 Å². The van der Waals surface area contributed by atoms with Gasteiger partial charge in [0, 0.05) is 0 Å². The van der Waals surface area contributed by atoms with E-state index in [9.17, 15) is 0 Å². The average Bonchev–Trinajstić information content (AvgIpc) is 1.95. The Morgan fingerprint density at radius 1 is 1.30 bits per heavy atom. The minimum absolute atomic E-state index is 0.773. The quantitative estimate of drug-likeness (QED) is 0.547. The largest absolute Gasteiger partial charge is 0.647 e. The fourth-order valence-corrected chi connectivity index (χ4v) is 1.39. The molecule has 10 heavy (non-hydrogen) atoms. The van der Waals surface area contributed by atoms with Crippen LogP contribution in [0, 0.1) is 13.8 Å². The van der Waals surface area contributed by atoms with E-state index in [0.717, 1.165) is 22.4 Å². The molecule has 1 nitrogen and oxygen atoms in total. The van der Waals surface area contributed by atoms with Crippen LogP contribution >= 0.6 is 0 Å². The third-order valence-electron chi connectivity index (χ3n) is 1.77. The summed E-state index contributed by atoms with van der Waals surface area (Å²) >= 11 is 0.773. The van der Waals surface area contributed by atoms with Crippen LogP contribution in [-0.2, 0) is 0 Å². The predicted molar refractivity (Wildman–Crippen MR) is 45.1 cm³/mol. The molecule has 0 atom stereocenters. The SMILES string of the molecule is Cc1cccc([O][AlH2])c1C. The highest BCUT2D eigenvalue weighted by Crippen LogP contribution is 2.19. The molecule has 0 bridgehead atoms. The van der Waals surface area contributed by atoms with Crippen LogP contribution in [0.15, 0.2) is 18.2 Å². The second-order valence-corrected chi connectivity index (χ2v) is 2.81. The van der Waals surface area contributed by atoms with Crippen molar-refractivity contribution in [1.82, 2.24) is 0 Å². The zero-order valence-electron chi connectivity index (χ0n) is 6.64. The summed E-state index contributed by atoms with van der Waals surface area (Å²) in [6.07, 6.45) is 0. The third kappa shape index (κ3) is 1.34. The van der Waals surface area contributed by atoms with Crippen LogP contribution in [0.4, 0.5) is 0 Å². The standard InChI is InChI=1S/C8H10O.Al.2H/c1-6-4-3-5-8(9)7(6)2;;;/h3-5,9H,1-2H3;;;/q;+1;;/p-1. The molecule has 1 aromatic carbocycles. The molecule has 0 aliphatic heterocycles. The van der Waals surface area contributed by atoms with E-state index in [1.807, 2.05) is 12.1 Å². The molecule has 1 aromatic rings. The van der Waals surface area contributed by atoms with Gasteiger partial charge in [0.15, 0.2) is 0 Å². The summed E-state index contributed by atoms with van der Waals surface area (Å²) in [5.74, 6) is 1.03. The predicted octanol–water partition coefficient (Wildman–Crippen LogP) is 1.23. The number of aryl methyl sites for hydroxylation is 1. The lowest BCUT2D eigenvalue weighted by Gasteiger charge is -2.07. The maximum atomic E-state index is 5.26. The van der Waals surface area contributed by atoms with E-state index < -0.39 is 0 Å². The summed E-state index contributed by atoms with van der Waals surface area (Å²) in [4.78, 5) is 0. The Hall–Kier alpha value is -0.448. The lowest BCUT2D eigenvalue weighted by molar-refractivity contribution is 0.609. The van der Waals surface area contributed by atoms with Crippen LogP contribution in [-0.4, -0.2) is 16.6 Å². The van der Waals surface area contributed by atoms with Gasteiger partial charge in [-0.05, 0) is 31.0 Å². The van der Waals surface area contributed by atoms with Gasteiger partial charge in [-0.15, -0.1) is 0 Å². The Morgan fingerprint density at radius 3 is 2.50 bits per heavy atom. The molecule has 0 saturated carbocycles. The molecule has 0 fully saturated rings. The minimum atomic E-state index is 0.773. The number of rotatable bonds is 1. The summed E-state index contributed by atoms with van der Waals surface area (Å²) in [6.45, 7) is 4.18. The summed E-state index contributed by atoms with van der Waals surface area (Å²) in [7, 11) is 0. The van der Waals surface area contributed by atoms with Crippen LogP contribution in [0.3, 0.4) is 0 Å². The topological polar surface area (TPSA) is 9.23 Å². The Bertz CT molecular complexity index is 233. The van der Waals surface area contributed by atoms with Crippen LogP contribution in [0.25, 0.3) is 0 Å². The van der Waals surface area contributed by atoms with Gasteiger partial charge in [-0.2, -0.15) is 0 Å². The summed E-state index contributed by atoms with van der Waals surface area (Å²) < 4.78 is 5.26. The van der Waals surface area contributed by atoms with Gasteiger partial charge in [0.2, 0.25) is 0 Å². The first-order chi connectivity index (χ1) is 4.75. The minimum Gasteiger partial charge on any atom is -0.647 e. The normalized spacial score (nSPS) is 9.40. The van der Waals surface area contributed by atoms with E-state index in [1.54, 1.807) is 0 Å². The smallest absolute Gasteiger partial charge is 0.496 e. The Kier molecular flexibility index (Phi) is 2.37. The molecule has 2 heteroatoms. The highest BCUT2D eigenvalue weighted by molar-refractivity contribution is 6.00. The third-order valence-corrected chi connectivity index (χ3v) is 2.21. The maximum absolute atomic E-state index is 5.26.